The first-order valence-electron chi connectivity index (χ1n) is 11.7. The van der Waals surface area contributed by atoms with Gasteiger partial charge in [-0.15, -0.1) is 0 Å². The van der Waals surface area contributed by atoms with Crippen molar-refractivity contribution in [1.29, 1.82) is 0 Å². The quantitative estimate of drug-likeness (QED) is 0.115. The van der Waals surface area contributed by atoms with E-state index >= 15 is 0 Å². The van der Waals surface area contributed by atoms with Crippen molar-refractivity contribution in [3.05, 3.63) is 0 Å². The van der Waals surface area contributed by atoms with Gasteiger partial charge in [-0.05, 0) is 0 Å². The zero-order chi connectivity index (χ0) is 28.9. The van der Waals surface area contributed by atoms with Gasteiger partial charge < -0.3 is 30.4 Å². The van der Waals surface area contributed by atoms with E-state index in [0.29, 0.717) is 0 Å². The molecule has 0 amide bonds. The molecule has 0 aromatic rings. The molecule has 1 unspecified atom stereocenters. The fourth-order valence-electron chi connectivity index (χ4n) is 3.98. The highest BCUT2D eigenvalue weighted by molar-refractivity contribution is 7.57. The van der Waals surface area contributed by atoms with E-state index in [0.717, 1.165) is 4.90 Å². The number of hydrogen-bond donors (Lipinski definition) is 6. The van der Waals surface area contributed by atoms with Crippen molar-refractivity contribution in [1.82, 2.24) is 24.5 Å². The highest BCUT2D eigenvalue weighted by Gasteiger charge is 2.29. The van der Waals surface area contributed by atoms with E-state index in [1.165, 1.54) is 4.90 Å². The summed E-state index contributed by atoms with van der Waals surface area (Å²) in [5, 5.41) is 45.7. The van der Waals surface area contributed by atoms with Gasteiger partial charge in [0.1, 0.15) is 0 Å². The van der Waals surface area contributed by atoms with Crippen LogP contribution in [-0.2, 0) is 28.5 Å². The Labute approximate surface area is 218 Å². The molecule has 38 heavy (non-hydrogen) atoms. The molecule has 1 aliphatic rings. The van der Waals surface area contributed by atoms with Crippen LogP contribution in [0.25, 0.3) is 0 Å². The molecule has 1 atom stereocenters. The summed E-state index contributed by atoms with van der Waals surface area (Å²) in [6.07, 6.45) is -1.17. The fourth-order valence-corrected chi connectivity index (χ4v) is 5.80. The summed E-state index contributed by atoms with van der Waals surface area (Å²) in [7, 11) is -4.15. The molecule has 0 radical (unpaired) electrons. The van der Waals surface area contributed by atoms with Crippen molar-refractivity contribution in [2.75, 3.05) is 97.7 Å². The summed E-state index contributed by atoms with van der Waals surface area (Å²) in [5.74, 6) is -6.07. The van der Waals surface area contributed by atoms with Gasteiger partial charge in [0.05, 0.1) is 45.3 Å². The molecule has 17 nitrogen and oxygen atoms in total. The summed E-state index contributed by atoms with van der Waals surface area (Å²) < 4.78 is 13.0. The van der Waals surface area contributed by atoms with Crippen LogP contribution in [0.3, 0.4) is 0 Å². The number of carboxylic acids is 5. The van der Waals surface area contributed by atoms with Gasteiger partial charge in [-0.3, -0.25) is 53.0 Å². The van der Waals surface area contributed by atoms with Crippen LogP contribution in [0.4, 0.5) is 0 Å². The molecule has 1 saturated heterocycles. The Morgan fingerprint density at radius 3 is 1.11 bits per heavy atom. The van der Waals surface area contributed by atoms with E-state index in [2.05, 4.69) is 0 Å². The van der Waals surface area contributed by atoms with Gasteiger partial charge in [0.15, 0.2) is 0 Å². The zero-order valence-corrected chi connectivity index (χ0v) is 21.8. The van der Waals surface area contributed by atoms with E-state index in [1.807, 2.05) is 0 Å². The van der Waals surface area contributed by atoms with Crippen LogP contribution in [-0.4, -0.2) is 182 Å². The second-order valence-corrected chi connectivity index (χ2v) is 11.3. The maximum absolute atomic E-state index is 13.0. The maximum Gasteiger partial charge on any atom is 0.317 e. The number of aliphatic carboxylic acids is 5. The highest BCUT2D eigenvalue weighted by atomic mass is 31.2. The average Bonchev–Trinajstić information content (AvgIpc) is 2.73. The first kappa shape index (κ1) is 33.4. The lowest BCUT2D eigenvalue weighted by Gasteiger charge is -2.34. The minimum absolute atomic E-state index is 0.0928. The third kappa shape index (κ3) is 15.6. The van der Waals surface area contributed by atoms with Gasteiger partial charge in [0.25, 0.3) is 0 Å². The maximum atomic E-state index is 13.0. The molecule has 0 aromatic carbocycles. The molecule has 1 heterocycles. The summed E-state index contributed by atoms with van der Waals surface area (Å²) in [5.41, 5.74) is 0. The molecule has 0 bridgehead atoms. The molecule has 1 aliphatic heterocycles. The van der Waals surface area contributed by atoms with Crippen LogP contribution in [0.2, 0.25) is 0 Å². The number of carboxylic acid groups (broad SMARTS) is 5. The number of hydrogen-bond acceptors (Lipinski definition) is 11. The lowest BCUT2D eigenvalue weighted by Crippen LogP contribution is -2.48. The molecule has 1 fully saturated rings. The topological polar surface area (TPSA) is 240 Å². The number of carbonyl (C=O) groups is 5. The molecule has 0 spiro atoms. The summed E-state index contributed by atoms with van der Waals surface area (Å²) >= 11 is 0. The molecule has 218 valence electrons. The normalized spacial score (nSPS) is 19.2. The minimum Gasteiger partial charge on any atom is -0.480 e. The van der Waals surface area contributed by atoms with Crippen LogP contribution in [0.5, 0.6) is 0 Å². The summed E-state index contributed by atoms with van der Waals surface area (Å²) in [6.45, 7) is -1.39. The first-order chi connectivity index (χ1) is 17.6. The Morgan fingerprint density at radius 2 is 0.842 bits per heavy atom. The molecule has 0 saturated carbocycles. The fraction of sp³-hybridized carbons (Fsp3) is 0.750. The van der Waals surface area contributed by atoms with Crippen LogP contribution in [0.15, 0.2) is 0 Å². The number of rotatable bonds is 14. The van der Waals surface area contributed by atoms with Crippen molar-refractivity contribution in [2.45, 2.75) is 0 Å². The van der Waals surface area contributed by atoms with Gasteiger partial charge in [0.2, 0.25) is 7.37 Å². The molecule has 0 aromatic heterocycles. The Kier molecular flexibility index (Phi) is 14.3. The molecule has 0 aliphatic carbocycles. The molecular weight excluding hydrogens is 533 g/mol. The van der Waals surface area contributed by atoms with E-state index < -0.39 is 62.9 Å². The lowest BCUT2D eigenvalue weighted by molar-refractivity contribution is -0.142. The van der Waals surface area contributed by atoms with Crippen molar-refractivity contribution >= 4 is 37.2 Å². The Hall–Kier alpha value is -2.66. The molecular formula is C20H36N5O12P. The standard InChI is InChI=1S/C20H36N5O12P/c26-16(27)9-21-1-3-22(10-17(28)29)5-7-24(8-6-23(4-2-21)11-18(30)31)14-38(36,37)15-25(12-19(32)33)13-20(34)35/h1-15H2,(H,26,27)(H,28,29)(H,30,31)(H,32,33)(H,34,35)(H,36,37). The van der Waals surface area contributed by atoms with Crippen molar-refractivity contribution in [3.8, 4) is 0 Å². The zero-order valence-electron chi connectivity index (χ0n) is 20.9. The average molecular weight is 570 g/mol. The monoisotopic (exact) mass is 569 g/mol. The van der Waals surface area contributed by atoms with Crippen LogP contribution >= 0.6 is 7.37 Å². The Balaban J connectivity index is 3.09. The third-order valence-corrected chi connectivity index (χ3v) is 7.25. The summed E-state index contributed by atoms with van der Waals surface area (Å²) in [4.78, 5) is 73.7. The highest BCUT2D eigenvalue weighted by Crippen LogP contribution is 2.41. The SMILES string of the molecule is O=C(O)CN1CCN(CC(=O)O)CCN(CP(=O)(O)CN(CC(=O)O)CC(=O)O)CCN(CC(=O)O)CC1. The Morgan fingerprint density at radius 1 is 0.553 bits per heavy atom. The predicted octanol–water partition coefficient (Wildman–Crippen LogP) is -2.88. The third-order valence-electron chi connectivity index (χ3n) is 5.57. The first-order valence-corrected chi connectivity index (χ1v) is 13.7. The number of nitrogens with zero attached hydrogens (tertiary/aromatic N) is 5. The van der Waals surface area contributed by atoms with Crippen LogP contribution in [0, 0.1) is 0 Å². The van der Waals surface area contributed by atoms with Crippen molar-refractivity contribution in [2.24, 2.45) is 0 Å². The van der Waals surface area contributed by atoms with Crippen molar-refractivity contribution < 1.29 is 59.0 Å². The lowest BCUT2D eigenvalue weighted by atomic mass is 10.3. The molecule has 18 heteroatoms. The van der Waals surface area contributed by atoms with Gasteiger partial charge in [-0.2, -0.15) is 0 Å². The van der Waals surface area contributed by atoms with Gasteiger partial charge in [-0.1, -0.05) is 0 Å². The van der Waals surface area contributed by atoms with E-state index in [-0.39, 0.29) is 72.0 Å². The predicted molar refractivity (Wildman–Crippen MR) is 130 cm³/mol. The molecule has 1 rings (SSSR count). The second kappa shape index (κ2) is 16.3. The minimum atomic E-state index is -4.15. The second-order valence-electron chi connectivity index (χ2n) is 9.03. The van der Waals surface area contributed by atoms with E-state index in [9.17, 15) is 48.8 Å². The van der Waals surface area contributed by atoms with Gasteiger partial charge >= 0.3 is 29.8 Å². The van der Waals surface area contributed by atoms with Crippen LogP contribution in [0.1, 0.15) is 0 Å². The van der Waals surface area contributed by atoms with Gasteiger partial charge in [-0.25, -0.2) is 0 Å². The van der Waals surface area contributed by atoms with E-state index in [4.69, 9.17) is 10.2 Å². The summed E-state index contributed by atoms with van der Waals surface area (Å²) in [6, 6.07) is 0. The van der Waals surface area contributed by atoms with E-state index in [1.54, 1.807) is 14.7 Å². The van der Waals surface area contributed by atoms with Gasteiger partial charge in [0, 0.05) is 52.4 Å². The van der Waals surface area contributed by atoms with Crippen molar-refractivity contribution in [3.63, 3.8) is 0 Å². The van der Waals surface area contributed by atoms with Crippen LogP contribution < -0.4 is 0 Å². The largest absolute Gasteiger partial charge is 0.480 e. The smallest absolute Gasteiger partial charge is 0.317 e. The molecule has 6 N–H and O–H groups in total. The Bertz CT molecular complexity index is 842.